The third-order valence-corrected chi connectivity index (χ3v) is 7.31. The summed E-state index contributed by atoms with van der Waals surface area (Å²) >= 11 is 0. The molecule has 0 saturated heterocycles. The summed E-state index contributed by atoms with van der Waals surface area (Å²) in [5.74, 6) is 0.205. The Hall–Kier alpha value is -3.91. The molecule has 1 amide bonds. The monoisotopic (exact) mass is 475 g/mol. The van der Waals surface area contributed by atoms with Crippen molar-refractivity contribution in [2.24, 2.45) is 0 Å². The van der Waals surface area contributed by atoms with Crippen LogP contribution >= 0.6 is 0 Å². The standard InChI is InChI=1S/C26H25N3O4S/c1-19(20-13-15-27-16-14-20)28-26(30)18-33-24-10-8-23(9-11-24)29(2)34(31,32)25-12-7-21-5-3-4-6-22(21)17-25/h3-17,19H,18H2,1-2H3,(H,28,30)/t19-/m1/s1. The van der Waals surface area contributed by atoms with E-state index < -0.39 is 10.0 Å². The van der Waals surface area contributed by atoms with Gasteiger partial charge in [-0.1, -0.05) is 30.3 Å². The van der Waals surface area contributed by atoms with Crippen LogP contribution in [0, 0.1) is 0 Å². The van der Waals surface area contributed by atoms with Gasteiger partial charge in [0.05, 0.1) is 16.6 Å². The van der Waals surface area contributed by atoms with Crippen molar-refractivity contribution in [1.82, 2.24) is 10.3 Å². The zero-order chi connectivity index (χ0) is 24.1. The second-order valence-corrected chi connectivity index (χ2v) is 9.80. The van der Waals surface area contributed by atoms with E-state index in [-0.39, 0.29) is 23.5 Å². The van der Waals surface area contributed by atoms with E-state index in [1.54, 1.807) is 54.9 Å². The van der Waals surface area contributed by atoms with Gasteiger partial charge in [-0.25, -0.2) is 8.42 Å². The van der Waals surface area contributed by atoms with Gasteiger partial charge in [0.2, 0.25) is 0 Å². The molecule has 0 aliphatic rings. The first-order valence-electron chi connectivity index (χ1n) is 10.7. The molecule has 4 aromatic rings. The van der Waals surface area contributed by atoms with E-state index in [9.17, 15) is 13.2 Å². The van der Waals surface area contributed by atoms with Crippen LogP contribution in [0.25, 0.3) is 10.8 Å². The average Bonchev–Trinajstić information content (AvgIpc) is 2.87. The highest BCUT2D eigenvalue weighted by atomic mass is 32.2. The van der Waals surface area contributed by atoms with Gasteiger partial charge in [-0.05, 0) is 71.8 Å². The van der Waals surface area contributed by atoms with E-state index in [0.717, 1.165) is 16.3 Å². The minimum absolute atomic E-state index is 0.153. The largest absolute Gasteiger partial charge is 0.484 e. The van der Waals surface area contributed by atoms with E-state index in [0.29, 0.717) is 11.4 Å². The van der Waals surface area contributed by atoms with Crippen molar-refractivity contribution >= 4 is 32.4 Å². The summed E-state index contributed by atoms with van der Waals surface area (Å²) in [4.78, 5) is 16.4. The molecule has 1 N–H and O–H groups in total. The number of benzene rings is 3. The minimum atomic E-state index is -3.74. The number of sulfonamides is 1. The molecule has 1 heterocycles. The predicted octanol–water partition coefficient (Wildman–Crippen LogP) is 4.32. The van der Waals surface area contributed by atoms with Crippen molar-refractivity contribution in [2.45, 2.75) is 17.9 Å². The average molecular weight is 476 g/mol. The lowest BCUT2D eigenvalue weighted by molar-refractivity contribution is -0.123. The molecular formula is C26H25N3O4S. The lowest BCUT2D eigenvalue weighted by atomic mass is 10.1. The highest BCUT2D eigenvalue weighted by Gasteiger charge is 2.21. The molecule has 0 saturated carbocycles. The smallest absolute Gasteiger partial charge is 0.264 e. The van der Waals surface area contributed by atoms with Crippen LogP contribution in [-0.4, -0.2) is 33.0 Å². The summed E-state index contributed by atoms with van der Waals surface area (Å²) in [6.07, 6.45) is 3.35. The Morgan fingerprint density at radius 2 is 1.65 bits per heavy atom. The number of pyridine rings is 1. The number of nitrogens with zero attached hydrogens (tertiary/aromatic N) is 2. The number of carbonyl (C=O) groups excluding carboxylic acids is 1. The number of aromatic nitrogens is 1. The Morgan fingerprint density at radius 1 is 0.971 bits per heavy atom. The Kier molecular flexibility index (Phi) is 6.79. The van der Waals surface area contributed by atoms with E-state index in [1.807, 2.05) is 43.3 Å². The second-order valence-electron chi connectivity index (χ2n) is 7.83. The molecule has 3 aromatic carbocycles. The fourth-order valence-electron chi connectivity index (χ4n) is 3.54. The fourth-order valence-corrected chi connectivity index (χ4v) is 4.78. The molecule has 0 aliphatic heterocycles. The van der Waals surface area contributed by atoms with Crippen molar-refractivity contribution in [3.8, 4) is 5.75 Å². The van der Waals surface area contributed by atoms with Crippen LogP contribution in [0.15, 0.2) is 96.2 Å². The molecule has 7 nitrogen and oxygen atoms in total. The topological polar surface area (TPSA) is 88.6 Å². The van der Waals surface area contributed by atoms with Gasteiger partial charge >= 0.3 is 0 Å². The number of rotatable bonds is 8. The van der Waals surface area contributed by atoms with Crippen molar-refractivity contribution in [2.75, 3.05) is 18.0 Å². The first-order valence-corrected chi connectivity index (χ1v) is 12.2. The van der Waals surface area contributed by atoms with Crippen LogP contribution in [0.2, 0.25) is 0 Å². The van der Waals surface area contributed by atoms with Crippen molar-refractivity contribution in [1.29, 1.82) is 0 Å². The summed E-state index contributed by atoms with van der Waals surface area (Å²) in [7, 11) is -2.23. The minimum Gasteiger partial charge on any atom is -0.484 e. The first kappa shape index (κ1) is 23.3. The predicted molar refractivity (Wildman–Crippen MR) is 132 cm³/mol. The van der Waals surface area contributed by atoms with E-state index >= 15 is 0 Å². The summed E-state index contributed by atoms with van der Waals surface area (Å²) in [6.45, 7) is 1.73. The van der Waals surface area contributed by atoms with Crippen LogP contribution in [0.1, 0.15) is 18.5 Å². The Bertz CT molecular complexity index is 1390. The molecule has 0 fully saturated rings. The summed E-state index contributed by atoms with van der Waals surface area (Å²) in [5, 5.41) is 4.70. The van der Waals surface area contributed by atoms with Crippen molar-refractivity contribution in [3.63, 3.8) is 0 Å². The van der Waals surface area contributed by atoms with E-state index in [4.69, 9.17) is 4.74 Å². The number of amides is 1. The number of hydrogen-bond donors (Lipinski definition) is 1. The highest BCUT2D eigenvalue weighted by Crippen LogP contribution is 2.26. The van der Waals surface area contributed by atoms with Crippen molar-refractivity contribution < 1.29 is 17.9 Å². The molecule has 0 unspecified atom stereocenters. The lowest BCUT2D eigenvalue weighted by Gasteiger charge is -2.20. The number of anilines is 1. The van der Waals surface area contributed by atoms with Gasteiger partial charge < -0.3 is 10.1 Å². The van der Waals surface area contributed by atoms with E-state index in [1.165, 1.54) is 11.4 Å². The Morgan fingerprint density at radius 3 is 2.35 bits per heavy atom. The Balaban J connectivity index is 1.38. The van der Waals surface area contributed by atoms with Gasteiger partial charge in [-0.3, -0.25) is 14.1 Å². The maximum absolute atomic E-state index is 13.1. The van der Waals surface area contributed by atoms with E-state index in [2.05, 4.69) is 10.3 Å². The number of hydrogen-bond acceptors (Lipinski definition) is 5. The number of carbonyl (C=O) groups is 1. The normalized spacial score (nSPS) is 12.2. The van der Waals surface area contributed by atoms with Crippen LogP contribution in [0.5, 0.6) is 5.75 Å². The van der Waals surface area contributed by atoms with Crippen LogP contribution in [-0.2, 0) is 14.8 Å². The number of ether oxygens (including phenoxy) is 1. The Labute approximate surface area is 199 Å². The van der Waals surface area contributed by atoms with Crippen LogP contribution in [0.4, 0.5) is 5.69 Å². The van der Waals surface area contributed by atoms with Crippen molar-refractivity contribution in [3.05, 3.63) is 96.8 Å². The molecule has 0 spiro atoms. The number of fused-ring (bicyclic) bond motifs is 1. The molecule has 8 heteroatoms. The quantitative estimate of drug-likeness (QED) is 0.410. The second kappa shape index (κ2) is 9.93. The van der Waals surface area contributed by atoms with Gasteiger partial charge in [0.1, 0.15) is 5.75 Å². The third-order valence-electron chi connectivity index (χ3n) is 5.53. The van der Waals surface area contributed by atoms with Gasteiger partial charge in [-0.2, -0.15) is 0 Å². The molecule has 34 heavy (non-hydrogen) atoms. The number of nitrogens with one attached hydrogen (secondary N) is 1. The fraction of sp³-hybridized carbons (Fsp3) is 0.154. The molecule has 1 atom stereocenters. The molecule has 0 bridgehead atoms. The lowest BCUT2D eigenvalue weighted by Crippen LogP contribution is -2.31. The zero-order valence-electron chi connectivity index (χ0n) is 18.9. The van der Waals surface area contributed by atoms with Crippen LogP contribution in [0.3, 0.4) is 0 Å². The van der Waals surface area contributed by atoms with Gasteiger partial charge in [0.15, 0.2) is 6.61 Å². The van der Waals surface area contributed by atoms with Gasteiger partial charge in [0.25, 0.3) is 15.9 Å². The summed E-state index contributed by atoms with van der Waals surface area (Å²) in [5.41, 5.74) is 1.43. The van der Waals surface area contributed by atoms with Gasteiger partial charge in [-0.15, -0.1) is 0 Å². The maximum atomic E-state index is 13.1. The molecule has 1 aromatic heterocycles. The molecule has 0 aliphatic carbocycles. The molecule has 174 valence electrons. The molecular weight excluding hydrogens is 450 g/mol. The zero-order valence-corrected chi connectivity index (χ0v) is 19.7. The first-order chi connectivity index (χ1) is 16.3. The summed E-state index contributed by atoms with van der Waals surface area (Å²) in [6, 6.07) is 22.8. The van der Waals surface area contributed by atoms with Gasteiger partial charge in [0, 0.05) is 19.4 Å². The summed E-state index contributed by atoms with van der Waals surface area (Å²) < 4.78 is 33.1. The molecule has 0 radical (unpaired) electrons. The highest BCUT2D eigenvalue weighted by molar-refractivity contribution is 7.92. The molecule has 4 rings (SSSR count). The third kappa shape index (κ3) is 5.18. The maximum Gasteiger partial charge on any atom is 0.264 e. The SMILES string of the molecule is C[C@@H](NC(=O)COc1ccc(N(C)S(=O)(=O)c2ccc3ccccc3c2)cc1)c1ccncc1. The van der Waals surface area contributed by atoms with Crippen LogP contribution < -0.4 is 14.4 Å².